The van der Waals surface area contributed by atoms with Crippen molar-refractivity contribution in [2.24, 2.45) is 5.73 Å². The summed E-state index contributed by atoms with van der Waals surface area (Å²) in [5.41, 5.74) is 5.65. The molecule has 0 rings (SSSR count). The second-order valence-corrected chi connectivity index (χ2v) is 5.26. The summed E-state index contributed by atoms with van der Waals surface area (Å²) in [5.74, 6) is 0. The molecule has 0 saturated carbocycles. The highest BCUT2D eigenvalue weighted by atomic mass is 32.2. The summed E-state index contributed by atoms with van der Waals surface area (Å²) < 4.78 is 31.6. The number of nitrogens with two attached hydrogens (primary N) is 1. The van der Waals surface area contributed by atoms with E-state index in [1.54, 1.807) is 0 Å². The van der Waals surface area contributed by atoms with Crippen molar-refractivity contribution in [2.75, 3.05) is 33.9 Å². The van der Waals surface area contributed by atoms with Gasteiger partial charge in [0, 0.05) is 33.3 Å². The third kappa shape index (κ3) is 6.06. The Morgan fingerprint density at radius 3 is 2.60 bits per heavy atom. The minimum Gasteiger partial charge on any atom is -0.383 e. The maximum absolute atomic E-state index is 11.5. The van der Waals surface area contributed by atoms with Crippen molar-refractivity contribution < 1.29 is 13.2 Å². The Bertz CT molecular complexity index is 256. The van der Waals surface area contributed by atoms with Crippen molar-refractivity contribution in [3.63, 3.8) is 0 Å². The monoisotopic (exact) mass is 239 g/mol. The van der Waals surface area contributed by atoms with Gasteiger partial charge in [-0.1, -0.05) is 6.92 Å². The Balaban J connectivity index is 4.12. The third-order valence-corrected chi connectivity index (χ3v) is 3.36. The summed E-state index contributed by atoms with van der Waals surface area (Å²) in [7, 11) is -0.363. The van der Waals surface area contributed by atoms with E-state index in [0.29, 0.717) is 13.2 Å². The smallest absolute Gasteiger partial charge is 0.279 e. The van der Waals surface area contributed by atoms with Crippen LogP contribution in [0.15, 0.2) is 0 Å². The van der Waals surface area contributed by atoms with E-state index in [0.717, 1.165) is 6.42 Å². The molecule has 1 atom stereocenters. The SMILES string of the molecule is CCCNS(=O)(=O)N(C)CC(N)COC. The Morgan fingerprint density at radius 2 is 2.13 bits per heavy atom. The zero-order valence-electron chi connectivity index (χ0n) is 9.56. The molecule has 0 aliphatic rings. The molecule has 92 valence electrons. The summed E-state index contributed by atoms with van der Waals surface area (Å²) in [6, 6.07) is -0.307. The van der Waals surface area contributed by atoms with Crippen molar-refractivity contribution in [2.45, 2.75) is 19.4 Å². The number of methoxy groups -OCH3 is 1. The van der Waals surface area contributed by atoms with Gasteiger partial charge in [0.05, 0.1) is 6.61 Å². The maximum Gasteiger partial charge on any atom is 0.279 e. The first kappa shape index (κ1) is 14.8. The van der Waals surface area contributed by atoms with E-state index in [1.165, 1.54) is 18.5 Å². The number of likely N-dealkylation sites (N-methyl/N-ethyl adjacent to an activating group) is 1. The van der Waals surface area contributed by atoms with Gasteiger partial charge in [0.1, 0.15) is 0 Å². The predicted molar refractivity (Wildman–Crippen MR) is 59.7 cm³/mol. The van der Waals surface area contributed by atoms with Gasteiger partial charge in [-0.25, -0.2) is 4.72 Å². The number of hydrogen-bond donors (Lipinski definition) is 2. The molecule has 0 radical (unpaired) electrons. The second kappa shape index (κ2) is 7.13. The van der Waals surface area contributed by atoms with Crippen LogP contribution in [-0.2, 0) is 14.9 Å². The van der Waals surface area contributed by atoms with Crippen molar-refractivity contribution in [1.82, 2.24) is 9.03 Å². The van der Waals surface area contributed by atoms with Gasteiger partial charge in [0.15, 0.2) is 0 Å². The van der Waals surface area contributed by atoms with Gasteiger partial charge in [0.2, 0.25) is 0 Å². The van der Waals surface area contributed by atoms with E-state index >= 15 is 0 Å². The predicted octanol–water partition coefficient (Wildman–Crippen LogP) is -0.864. The lowest BCUT2D eigenvalue weighted by atomic mass is 10.3. The molecule has 0 aromatic rings. The molecular formula is C8H21N3O3S. The minimum absolute atomic E-state index is 0.243. The highest BCUT2D eigenvalue weighted by molar-refractivity contribution is 7.87. The number of hydrogen-bond acceptors (Lipinski definition) is 4. The van der Waals surface area contributed by atoms with Crippen molar-refractivity contribution in [3.05, 3.63) is 0 Å². The fourth-order valence-corrected chi connectivity index (χ4v) is 2.11. The summed E-state index contributed by atoms with van der Waals surface area (Å²) in [6.07, 6.45) is 0.761. The zero-order valence-corrected chi connectivity index (χ0v) is 10.4. The molecule has 0 spiro atoms. The van der Waals surface area contributed by atoms with Gasteiger partial charge in [0.25, 0.3) is 10.2 Å². The first-order chi connectivity index (χ1) is 6.94. The molecule has 0 amide bonds. The van der Waals surface area contributed by atoms with Crippen molar-refractivity contribution in [1.29, 1.82) is 0 Å². The van der Waals surface area contributed by atoms with Crippen LogP contribution in [0, 0.1) is 0 Å². The van der Waals surface area contributed by atoms with Gasteiger partial charge in [-0.2, -0.15) is 12.7 Å². The Labute approximate surface area is 92.0 Å². The molecular weight excluding hydrogens is 218 g/mol. The normalized spacial score (nSPS) is 14.5. The molecule has 0 aliphatic heterocycles. The quantitative estimate of drug-likeness (QED) is 0.577. The van der Waals surface area contributed by atoms with Crippen LogP contribution in [0.5, 0.6) is 0 Å². The molecule has 15 heavy (non-hydrogen) atoms. The van der Waals surface area contributed by atoms with Crippen LogP contribution in [0.3, 0.4) is 0 Å². The number of nitrogens with one attached hydrogen (secondary N) is 1. The summed E-state index contributed by atoms with van der Waals surface area (Å²) in [4.78, 5) is 0. The average Bonchev–Trinajstić information content (AvgIpc) is 2.15. The topological polar surface area (TPSA) is 84.7 Å². The molecule has 3 N–H and O–H groups in total. The highest BCUT2D eigenvalue weighted by Crippen LogP contribution is 1.95. The van der Waals surface area contributed by atoms with Gasteiger partial charge in [-0.15, -0.1) is 0 Å². The molecule has 1 unspecified atom stereocenters. The molecule has 0 heterocycles. The number of rotatable bonds is 8. The first-order valence-electron chi connectivity index (χ1n) is 4.89. The molecule has 0 aliphatic carbocycles. The average molecular weight is 239 g/mol. The van der Waals surface area contributed by atoms with E-state index in [2.05, 4.69) is 4.72 Å². The van der Waals surface area contributed by atoms with Crippen molar-refractivity contribution >= 4 is 10.2 Å². The molecule has 0 bridgehead atoms. The van der Waals surface area contributed by atoms with E-state index in [1.807, 2.05) is 6.92 Å². The fourth-order valence-electron chi connectivity index (χ4n) is 1.04. The molecule has 0 aromatic heterocycles. The minimum atomic E-state index is -3.39. The fraction of sp³-hybridized carbons (Fsp3) is 1.00. The molecule has 0 saturated heterocycles. The zero-order chi connectivity index (χ0) is 11.9. The van der Waals surface area contributed by atoms with Crippen molar-refractivity contribution in [3.8, 4) is 0 Å². The van der Waals surface area contributed by atoms with Crippen LogP contribution >= 0.6 is 0 Å². The van der Waals surface area contributed by atoms with E-state index < -0.39 is 10.2 Å². The summed E-state index contributed by atoms with van der Waals surface area (Å²) in [6.45, 7) is 2.92. The highest BCUT2D eigenvalue weighted by Gasteiger charge is 2.18. The van der Waals surface area contributed by atoms with Crippen LogP contribution in [0.25, 0.3) is 0 Å². The second-order valence-electron chi connectivity index (χ2n) is 3.40. The van der Waals surface area contributed by atoms with Gasteiger partial charge >= 0.3 is 0 Å². The third-order valence-electron chi connectivity index (χ3n) is 1.82. The lowest BCUT2D eigenvalue weighted by Crippen LogP contribution is -2.45. The number of ether oxygens (including phenoxy) is 1. The van der Waals surface area contributed by atoms with Crippen LogP contribution in [0.4, 0.5) is 0 Å². The molecule has 0 aromatic carbocycles. The van der Waals surface area contributed by atoms with Crippen LogP contribution < -0.4 is 10.5 Å². The largest absolute Gasteiger partial charge is 0.383 e. The maximum atomic E-state index is 11.5. The standard InChI is InChI=1S/C8H21N3O3S/c1-4-5-10-15(12,13)11(2)6-8(9)7-14-3/h8,10H,4-7,9H2,1-3H3. The van der Waals surface area contributed by atoms with E-state index in [9.17, 15) is 8.42 Å². The lowest BCUT2D eigenvalue weighted by molar-refractivity contribution is 0.173. The Kier molecular flexibility index (Phi) is 7.03. The summed E-state index contributed by atoms with van der Waals surface area (Å²) in [5, 5.41) is 0. The molecule has 7 heteroatoms. The Hall–Kier alpha value is -0.210. The lowest BCUT2D eigenvalue weighted by Gasteiger charge is -2.20. The van der Waals surface area contributed by atoms with Gasteiger partial charge < -0.3 is 10.5 Å². The van der Waals surface area contributed by atoms with E-state index in [4.69, 9.17) is 10.5 Å². The molecule has 6 nitrogen and oxygen atoms in total. The first-order valence-corrected chi connectivity index (χ1v) is 6.33. The Morgan fingerprint density at radius 1 is 1.53 bits per heavy atom. The van der Waals surface area contributed by atoms with Crippen LogP contribution in [0.1, 0.15) is 13.3 Å². The summed E-state index contributed by atoms with van der Waals surface area (Å²) >= 11 is 0. The number of nitrogens with zero attached hydrogens (tertiary/aromatic N) is 1. The van der Waals surface area contributed by atoms with Gasteiger partial charge in [-0.05, 0) is 6.42 Å². The van der Waals surface area contributed by atoms with Crippen LogP contribution in [0.2, 0.25) is 0 Å². The molecule has 0 fully saturated rings. The van der Waals surface area contributed by atoms with Crippen LogP contribution in [-0.4, -0.2) is 52.6 Å². The van der Waals surface area contributed by atoms with E-state index in [-0.39, 0.29) is 12.6 Å². The van der Waals surface area contributed by atoms with Gasteiger partial charge in [-0.3, -0.25) is 0 Å².